The van der Waals surface area contributed by atoms with E-state index in [-0.39, 0.29) is 24.0 Å². The second-order valence-electron chi connectivity index (χ2n) is 6.78. The molecule has 1 aliphatic rings. The highest BCUT2D eigenvalue weighted by Gasteiger charge is 2.21. The van der Waals surface area contributed by atoms with Crippen molar-refractivity contribution in [2.24, 2.45) is 4.99 Å². The molecule has 0 radical (unpaired) electrons. The van der Waals surface area contributed by atoms with Crippen molar-refractivity contribution < 1.29 is 9.47 Å². The molecule has 0 bridgehead atoms. The van der Waals surface area contributed by atoms with Crippen LogP contribution in [0.3, 0.4) is 0 Å². The number of ether oxygens (including phenoxy) is 2. The summed E-state index contributed by atoms with van der Waals surface area (Å²) >= 11 is 0. The summed E-state index contributed by atoms with van der Waals surface area (Å²) in [5, 5.41) is 6.91. The number of rotatable bonds is 8. The average molecular weight is 491 g/mol. The maximum atomic E-state index is 5.69. The fourth-order valence-corrected chi connectivity index (χ4v) is 3.04. The Labute approximate surface area is 180 Å². The van der Waals surface area contributed by atoms with Gasteiger partial charge in [0.1, 0.15) is 6.61 Å². The first-order chi connectivity index (χ1) is 12.6. The lowest BCUT2D eigenvalue weighted by Gasteiger charge is -2.35. The van der Waals surface area contributed by atoms with Crippen molar-refractivity contribution >= 4 is 29.9 Å². The number of hydrogen-bond donors (Lipinski definition) is 2. The van der Waals surface area contributed by atoms with Crippen LogP contribution in [0.4, 0.5) is 0 Å². The molecule has 2 rings (SSSR count). The Morgan fingerprint density at radius 1 is 1.33 bits per heavy atom. The molecule has 0 unspecified atom stereocenters. The van der Waals surface area contributed by atoms with Crippen LogP contribution in [0.25, 0.3) is 0 Å². The number of aliphatic imine (C=N–C) groups is 1. The molecule has 1 aromatic heterocycles. The first-order valence-corrected chi connectivity index (χ1v) is 9.41. The Bertz CT molecular complexity index is 563. The Morgan fingerprint density at radius 3 is 2.70 bits per heavy atom. The van der Waals surface area contributed by atoms with Crippen LogP contribution >= 0.6 is 24.0 Å². The normalized spacial score (nSPS) is 16.1. The van der Waals surface area contributed by atoms with Gasteiger partial charge in [-0.2, -0.15) is 0 Å². The van der Waals surface area contributed by atoms with Gasteiger partial charge < -0.3 is 25.0 Å². The summed E-state index contributed by atoms with van der Waals surface area (Å²) in [7, 11) is 3.46. The molecule has 0 amide bonds. The van der Waals surface area contributed by atoms with E-state index in [2.05, 4.69) is 39.4 Å². The number of halogens is 1. The summed E-state index contributed by atoms with van der Waals surface area (Å²) < 4.78 is 10.7. The van der Waals surface area contributed by atoms with Gasteiger partial charge in [-0.1, -0.05) is 6.07 Å². The van der Waals surface area contributed by atoms with E-state index in [0.717, 1.165) is 37.5 Å². The maximum absolute atomic E-state index is 5.69. The van der Waals surface area contributed by atoms with Gasteiger partial charge in [-0.3, -0.25) is 4.99 Å². The van der Waals surface area contributed by atoms with E-state index in [9.17, 15) is 0 Å². The van der Waals surface area contributed by atoms with E-state index in [4.69, 9.17) is 9.47 Å². The lowest BCUT2D eigenvalue weighted by molar-refractivity contribution is 0.143. The van der Waals surface area contributed by atoms with E-state index in [0.29, 0.717) is 37.7 Å². The number of nitrogens with one attached hydrogen (secondary N) is 2. The zero-order chi connectivity index (χ0) is 18.8. The first kappa shape index (κ1) is 23.9. The van der Waals surface area contributed by atoms with Gasteiger partial charge in [0, 0.05) is 57.6 Å². The van der Waals surface area contributed by atoms with Crippen LogP contribution in [0, 0.1) is 0 Å². The van der Waals surface area contributed by atoms with Crippen molar-refractivity contribution in [3.8, 4) is 5.88 Å². The van der Waals surface area contributed by atoms with Crippen LogP contribution < -0.4 is 15.4 Å². The Hall–Kier alpha value is -1.13. The van der Waals surface area contributed by atoms with Crippen LogP contribution in [0.15, 0.2) is 23.3 Å². The quantitative estimate of drug-likeness (QED) is 0.252. The number of piperidine rings is 1. The predicted octanol–water partition coefficient (Wildman–Crippen LogP) is 2.26. The van der Waals surface area contributed by atoms with E-state index in [1.165, 1.54) is 0 Å². The van der Waals surface area contributed by atoms with E-state index in [1.807, 2.05) is 12.1 Å². The van der Waals surface area contributed by atoms with Gasteiger partial charge >= 0.3 is 0 Å². The van der Waals surface area contributed by atoms with Gasteiger partial charge in [0.2, 0.25) is 5.88 Å². The number of methoxy groups -OCH3 is 1. The third-order valence-electron chi connectivity index (χ3n) is 4.65. The molecule has 1 fully saturated rings. The van der Waals surface area contributed by atoms with Crippen LogP contribution in [0.1, 0.15) is 32.3 Å². The minimum Gasteiger partial charge on any atom is -0.475 e. The van der Waals surface area contributed by atoms with E-state index >= 15 is 0 Å². The largest absolute Gasteiger partial charge is 0.475 e. The molecule has 7 nitrogen and oxygen atoms in total. The van der Waals surface area contributed by atoms with Gasteiger partial charge in [0.15, 0.2) is 5.96 Å². The highest BCUT2D eigenvalue weighted by molar-refractivity contribution is 14.0. The van der Waals surface area contributed by atoms with Crippen LogP contribution in [0.5, 0.6) is 5.88 Å². The zero-order valence-corrected chi connectivity index (χ0v) is 19.2. The van der Waals surface area contributed by atoms with Crippen LogP contribution in [-0.4, -0.2) is 68.4 Å². The topological polar surface area (TPSA) is 71.0 Å². The number of aromatic nitrogens is 1. The molecular weight excluding hydrogens is 457 g/mol. The first-order valence-electron chi connectivity index (χ1n) is 9.41. The molecule has 0 saturated carbocycles. The molecular formula is C19H34IN5O2. The summed E-state index contributed by atoms with van der Waals surface area (Å²) in [5.41, 5.74) is 1.00. The molecule has 0 aliphatic carbocycles. The second kappa shape index (κ2) is 13.1. The summed E-state index contributed by atoms with van der Waals surface area (Å²) in [6.45, 7) is 8.42. The number of pyridine rings is 1. The minimum absolute atomic E-state index is 0. The van der Waals surface area contributed by atoms with Crippen molar-refractivity contribution in [2.75, 3.05) is 40.5 Å². The average Bonchev–Trinajstić information content (AvgIpc) is 2.66. The van der Waals surface area contributed by atoms with Crippen molar-refractivity contribution in [3.05, 3.63) is 23.9 Å². The molecule has 0 aromatic carbocycles. The number of hydrogen-bond acceptors (Lipinski definition) is 5. The SMILES string of the molecule is CN=C(NCc1cccnc1OCCOC)NC1CCN(C(C)C)CC1.I. The van der Waals surface area contributed by atoms with Crippen molar-refractivity contribution in [1.82, 2.24) is 20.5 Å². The van der Waals surface area contributed by atoms with E-state index < -0.39 is 0 Å². The Balaban J connectivity index is 0.00000364. The van der Waals surface area contributed by atoms with Crippen molar-refractivity contribution in [1.29, 1.82) is 0 Å². The fourth-order valence-electron chi connectivity index (χ4n) is 3.04. The maximum Gasteiger partial charge on any atom is 0.218 e. The van der Waals surface area contributed by atoms with Gasteiger partial charge in [-0.05, 0) is 32.8 Å². The van der Waals surface area contributed by atoms with E-state index in [1.54, 1.807) is 20.4 Å². The lowest BCUT2D eigenvalue weighted by atomic mass is 10.0. The summed E-state index contributed by atoms with van der Waals surface area (Å²) in [4.78, 5) is 11.2. The molecule has 1 aliphatic heterocycles. The van der Waals surface area contributed by atoms with Gasteiger partial charge in [-0.25, -0.2) is 4.98 Å². The Kier molecular flexibility index (Phi) is 11.6. The summed E-state index contributed by atoms with van der Waals surface area (Å²) in [6.07, 6.45) is 4.01. The molecule has 154 valence electrons. The third-order valence-corrected chi connectivity index (χ3v) is 4.65. The molecule has 0 spiro atoms. The standard InChI is InChI=1S/C19H33N5O2.HI/c1-15(2)24-10-7-17(8-11-24)23-19(20-3)22-14-16-6-5-9-21-18(16)26-13-12-25-4;/h5-6,9,15,17H,7-8,10-14H2,1-4H3,(H2,20,22,23);1H. The smallest absolute Gasteiger partial charge is 0.218 e. The fraction of sp³-hybridized carbons (Fsp3) is 0.684. The number of guanidine groups is 1. The second-order valence-corrected chi connectivity index (χ2v) is 6.78. The van der Waals surface area contributed by atoms with Gasteiger partial charge in [-0.15, -0.1) is 24.0 Å². The number of likely N-dealkylation sites (tertiary alicyclic amines) is 1. The highest BCUT2D eigenvalue weighted by Crippen LogP contribution is 2.15. The summed E-state index contributed by atoms with van der Waals surface area (Å²) in [6, 6.07) is 5.01. The minimum atomic E-state index is 0. The Morgan fingerprint density at radius 2 is 2.07 bits per heavy atom. The molecule has 1 saturated heterocycles. The monoisotopic (exact) mass is 491 g/mol. The third kappa shape index (κ3) is 8.18. The lowest BCUT2D eigenvalue weighted by Crippen LogP contribution is -2.49. The van der Waals surface area contributed by atoms with Crippen LogP contribution in [-0.2, 0) is 11.3 Å². The van der Waals surface area contributed by atoms with Gasteiger partial charge in [0.05, 0.1) is 6.61 Å². The highest BCUT2D eigenvalue weighted by atomic mass is 127. The molecule has 8 heteroatoms. The molecule has 27 heavy (non-hydrogen) atoms. The molecule has 2 heterocycles. The summed E-state index contributed by atoms with van der Waals surface area (Å²) in [5.74, 6) is 1.46. The molecule has 2 N–H and O–H groups in total. The molecule has 1 aromatic rings. The predicted molar refractivity (Wildman–Crippen MR) is 120 cm³/mol. The van der Waals surface area contributed by atoms with Crippen molar-refractivity contribution in [3.63, 3.8) is 0 Å². The zero-order valence-electron chi connectivity index (χ0n) is 16.9. The van der Waals surface area contributed by atoms with Crippen molar-refractivity contribution in [2.45, 2.75) is 45.3 Å². The molecule has 0 atom stereocenters. The van der Waals surface area contributed by atoms with Gasteiger partial charge in [0.25, 0.3) is 0 Å². The number of nitrogens with zero attached hydrogens (tertiary/aromatic N) is 3. The van der Waals surface area contributed by atoms with Crippen LogP contribution in [0.2, 0.25) is 0 Å².